The number of hydrogen-bond donors (Lipinski definition) is 0. The Hall–Kier alpha value is -3.33. The molecule has 5 nitrogen and oxygen atoms in total. The summed E-state index contributed by atoms with van der Waals surface area (Å²) in [6.45, 7) is 2.32. The fraction of sp³-hybridized carbons (Fsp3) is 0.238. The highest BCUT2D eigenvalue weighted by molar-refractivity contribution is 5.97. The van der Waals surface area contributed by atoms with E-state index in [-0.39, 0.29) is 11.6 Å². The highest BCUT2D eigenvalue weighted by atomic mass is 19.1. The van der Waals surface area contributed by atoms with Crippen molar-refractivity contribution in [2.24, 2.45) is 0 Å². The Labute approximate surface area is 161 Å². The van der Waals surface area contributed by atoms with E-state index in [4.69, 9.17) is 8.85 Å². The second kappa shape index (κ2) is 7.12. The van der Waals surface area contributed by atoms with Gasteiger partial charge >= 0.3 is 0 Å². The Morgan fingerprint density at radius 3 is 2.63 bits per heavy atom. The quantitative estimate of drug-likeness (QED) is 0.710. The largest absolute Gasteiger partial charge is 0.494 e. The lowest BCUT2D eigenvalue weighted by Gasteiger charge is -2.38. The lowest BCUT2D eigenvalue weighted by atomic mass is 10.1. The van der Waals surface area contributed by atoms with Gasteiger partial charge in [-0.3, -0.25) is 4.98 Å². The van der Waals surface area contributed by atoms with Crippen molar-refractivity contribution >= 4 is 22.3 Å². The average Bonchev–Trinajstić information content (AvgIpc) is 2.72. The zero-order chi connectivity index (χ0) is 21.3. The molecule has 0 unspecified atom stereocenters. The zero-order valence-electron chi connectivity index (χ0n) is 17.5. The first kappa shape index (κ1) is 13.8. The van der Waals surface area contributed by atoms with Gasteiger partial charge in [0.2, 0.25) is 0 Å². The third-order valence-electron chi connectivity index (χ3n) is 4.85. The van der Waals surface area contributed by atoms with Crippen LogP contribution in [-0.2, 0) is 0 Å². The Morgan fingerprint density at radius 1 is 1.11 bits per heavy atom. The minimum atomic E-state index is -2.60. The number of hydrogen-bond acceptors (Lipinski definition) is 5. The molecule has 1 aliphatic heterocycles. The van der Waals surface area contributed by atoms with Gasteiger partial charge < -0.3 is 14.5 Å². The van der Waals surface area contributed by atoms with Crippen molar-refractivity contribution in [3.8, 4) is 11.8 Å². The average molecular weight is 365 g/mol. The second-order valence-corrected chi connectivity index (χ2v) is 6.31. The van der Waals surface area contributed by atoms with Crippen molar-refractivity contribution < 1.29 is 13.2 Å². The molecule has 0 spiro atoms. The SMILES string of the molecule is [2H]C([2H])([2H])Oc1cccc2c(N3CCN(c4ccccc4F)CC3)c(C#N)cnc12. The van der Waals surface area contributed by atoms with Gasteiger partial charge in [-0.25, -0.2) is 4.39 Å². The minimum absolute atomic E-state index is 0.142. The number of halogens is 1. The molecule has 0 radical (unpaired) electrons. The monoisotopic (exact) mass is 365 g/mol. The van der Waals surface area contributed by atoms with Crippen LogP contribution in [0.4, 0.5) is 15.8 Å². The molecule has 1 saturated heterocycles. The van der Waals surface area contributed by atoms with Gasteiger partial charge in [-0.1, -0.05) is 24.3 Å². The molecular formula is C21H19FN4O. The number of rotatable bonds is 3. The van der Waals surface area contributed by atoms with Crippen LogP contribution in [-0.4, -0.2) is 38.2 Å². The number of benzene rings is 2. The summed E-state index contributed by atoms with van der Waals surface area (Å²) in [5.41, 5.74) is 2.03. The van der Waals surface area contributed by atoms with Crippen LogP contribution >= 0.6 is 0 Å². The summed E-state index contributed by atoms with van der Waals surface area (Å²) in [5.74, 6) is -0.118. The first-order chi connectivity index (χ1) is 14.4. The van der Waals surface area contributed by atoms with Crippen molar-refractivity contribution in [1.29, 1.82) is 5.26 Å². The molecule has 1 aromatic heterocycles. The Morgan fingerprint density at radius 2 is 1.89 bits per heavy atom. The van der Waals surface area contributed by atoms with Gasteiger partial charge in [-0.05, 0) is 18.2 Å². The topological polar surface area (TPSA) is 52.4 Å². The smallest absolute Gasteiger partial charge is 0.146 e. The number of pyridine rings is 1. The van der Waals surface area contributed by atoms with E-state index in [2.05, 4.69) is 16.0 Å². The third-order valence-corrected chi connectivity index (χ3v) is 4.85. The lowest BCUT2D eigenvalue weighted by molar-refractivity contribution is 0.419. The van der Waals surface area contributed by atoms with Crippen LogP contribution in [0.15, 0.2) is 48.7 Å². The Bertz CT molecular complexity index is 1120. The first-order valence-electron chi connectivity index (χ1n) is 10.1. The molecule has 0 atom stereocenters. The van der Waals surface area contributed by atoms with E-state index in [0.717, 1.165) is 0 Å². The van der Waals surface area contributed by atoms with Crippen LogP contribution in [0.3, 0.4) is 0 Å². The molecule has 4 rings (SSSR count). The number of nitrogens with zero attached hydrogens (tertiary/aromatic N) is 4. The highest BCUT2D eigenvalue weighted by Crippen LogP contribution is 2.34. The number of anilines is 2. The summed E-state index contributed by atoms with van der Waals surface area (Å²) in [4.78, 5) is 8.31. The summed E-state index contributed by atoms with van der Waals surface area (Å²) >= 11 is 0. The fourth-order valence-electron chi connectivity index (χ4n) is 3.57. The molecule has 1 aliphatic rings. The van der Waals surface area contributed by atoms with E-state index in [1.54, 1.807) is 36.4 Å². The summed E-state index contributed by atoms with van der Waals surface area (Å²) < 4.78 is 41.4. The van der Waals surface area contributed by atoms with Crippen LogP contribution in [0.5, 0.6) is 5.75 Å². The molecular weight excluding hydrogens is 343 g/mol. The fourth-order valence-corrected chi connectivity index (χ4v) is 3.57. The molecule has 0 aliphatic carbocycles. The summed E-state index contributed by atoms with van der Waals surface area (Å²) in [5, 5.41) is 10.3. The summed E-state index contributed by atoms with van der Waals surface area (Å²) in [7, 11) is -2.60. The first-order valence-corrected chi connectivity index (χ1v) is 8.62. The number of ether oxygens (including phenoxy) is 1. The molecule has 136 valence electrons. The number of piperazine rings is 1. The van der Waals surface area contributed by atoms with E-state index < -0.39 is 7.04 Å². The van der Waals surface area contributed by atoms with E-state index in [9.17, 15) is 9.65 Å². The molecule has 1 fully saturated rings. The summed E-state index contributed by atoms with van der Waals surface area (Å²) in [6.07, 6.45) is 1.44. The molecule has 0 bridgehead atoms. The van der Waals surface area contributed by atoms with Crippen molar-refractivity contribution in [3.63, 3.8) is 0 Å². The maximum atomic E-state index is 14.1. The van der Waals surface area contributed by atoms with E-state index >= 15 is 0 Å². The lowest BCUT2D eigenvalue weighted by Crippen LogP contribution is -2.47. The molecule has 3 aromatic rings. The summed E-state index contributed by atoms with van der Waals surface area (Å²) in [6, 6.07) is 13.9. The molecule has 0 saturated carbocycles. The number of nitriles is 1. The predicted octanol–water partition coefficient (Wildman–Crippen LogP) is 3.58. The van der Waals surface area contributed by atoms with E-state index in [1.807, 2.05) is 4.90 Å². The Kier molecular flexibility index (Phi) is 3.64. The third kappa shape index (κ3) is 3.02. The van der Waals surface area contributed by atoms with Crippen LogP contribution in [0.1, 0.15) is 9.68 Å². The van der Waals surface area contributed by atoms with Gasteiger partial charge in [0.15, 0.2) is 0 Å². The number of para-hydroxylation sites is 2. The molecule has 2 aromatic carbocycles. The highest BCUT2D eigenvalue weighted by Gasteiger charge is 2.23. The minimum Gasteiger partial charge on any atom is -0.494 e. The van der Waals surface area contributed by atoms with Crippen LogP contribution in [0.25, 0.3) is 10.9 Å². The van der Waals surface area contributed by atoms with Crippen LogP contribution in [0.2, 0.25) is 0 Å². The maximum absolute atomic E-state index is 14.1. The van der Waals surface area contributed by atoms with Crippen molar-refractivity contribution in [3.05, 3.63) is 60.0 Å². The van der Waals surface area contributed by atoms with Crippen molar-refractivity contribution in [2.75, 3.05) is 43.0 Å². The zero-order valence-corrected chi connectivity index (χ0v) is 14.5. The van der Waals surface area contributed by atoms with Crippen molar-refractivity contribution in [1.82, 2.24) is 4.98 Å². The Balaban J connectivity index is 1.68. The van der Waals surface area contributed by atoms with Crippen LogP contribution in [0, 0.1) is 17.1 Å². The van der Waals surface area contributed by atoms with Gasteiger partial charge in [0.1, 0.15) is 23.2 Å². The molecule has 2 heterocycles. The standard InChI is InChI=1S/C21H19FN4O/c1-27-19-8-4-5-16-20(19)24-14-15(13-23)21(16)26-11-9-25(10-12-26)18-7-3-2-6-17(18)22/h2-8,14H,9-12H2,1H3/i1D3. The van der Waals surface area contributed by atoms with E-state index in [1.165, 1.54) is 12.3 Å². The number of methoxy groups -OCH3 is 1. The van der Waals surface area contributed by atoms with Crippen LogP contribution < -0.4 is 14.5 Å². The maximum Gasteiger partial charge on any atom is 0.146 e. The van der Waals surface area contributed by atoms with Gasteiger partial charge in [0, 0.05) is 37.8 Å². The predicted molar refractivity (Wildman–Crippen MR) is 104 cm³/mol. The van der Waals surface area contributed by atoms with Gasteiger partial charge in [0.25, 0.3) is 0 Å². The van der Waals surface area contributed by atoms with Gasteiger partial charge in [-0.15, -0.1) is 0 Å². The molecule has 6 heteroatoms. The molecule has 0 amide bonds. The van der Waals surface area contributed by atoms with E-state index in [0.29, 0.717) is 54.0 Å². The normalized spacial score (nSPS) is 16.4. The number of aromatic nitrogens is 1. The molecule has 0 N–H and O–H groups in total. The van der Waals surface area contributed by atoms with Gasteiger partial charge in [-0.2, -0.15) is 5.26 Å². The molecule has 27 heavy (non-hydrogen) atoms. The van der Waals surface area contributed by atoms with Crippen molar-refractivity contribution in [2.45, 2.75) is 0 Å². The second-order valence-electron chi connectivity index (χ2n) is 6.31. The van der Waals surface area contributed by atoms with Gasteiger partial charge in [0.05, 0.1) is 28.1 Å². The number of fused-ring (bicyclic) bond motifs is 1.